The van der Waals surface area contributed by atoms with E-state index in [0.29, 0.717) is 6.42 Å². The monoisotopic (exact) mass is 376 g/mol. The second-order valence-corrected chi connectivity index (χ2v) is 7.48. The van der Waals surface area contributed by atoms with Crippen molar-refractivity contribution in [1.82, 2.24) is 0 Å². The Balaban J connectivity index is 1.79. The summed E-state index contributed by atoms with van der Waals surface area (Å²) < 4.78 is 0. The molecule has 0 aromatic heterocycles. The second kappa shape index (κ2) is 7.25. The summed E-state index contributed by atoms with van der Waals surface area (Å²) in [4.78, 5) is 16.7. The molecule has 1 heterocycles. The Hall–Kier alpha value is -3.12. The van der Waals surface area contributed by atoms with E-state index < -0.39 is 0 Å². The summed E-state index contributed by atoms with van der Waals surface area (Å²) in [6.45, 7) is 0. The van der Waals surface area contributed by atoms with Crippen molar-refractivity contribution in [2.75, 3.05) is 0 Å². The fourth-order valence-electron chi connectivity index (χ4n) is 3.07. The average Bonchev–Trinajstić information content (AvgIpc) is 2.88. The fraction of sp³-hybridized carbons (Fsp3) is 0.0952. The zero-order valence-corrected chi connectivity index (χ0v) is 15.1. The molecule has 1 N–H and O–H groups in total. The summed E-state index contributed by atoms with van der Waals surface area (Å²) in [5.41, 5.74) is 3.70. The summed E-state index contributed by atoms with van der Waals surface area (Å²) in [6.07, 6.45) is 0.630. The molecule has 1 aliphatic heterocycles. The molecular formula is C21H16N2O3S. The highest BCUT2D eigenvalue weighted by molar-refractivity contribution is 7.99. The lowest BCUT2D eigenvalue weighted by Gasteiger charge is -2.16. The number of phenolic OH excluding ortho intramolecular Hbond substituents is 1. The lowest BCUT2D eigenvalue weighted by atomic mass is 10.0. The van der Waals surface area contributed by atoms with Gasteiger partial charge in [-0.2, -0.15) is 0 Å². The molecule has 0 saturated carbocycles. The normalized spacial score (nSPS) is 16.1. The molecule has 134 valence electrons. The first-order valence-electron chi connectivity index (χ1n) is 8.47. The van der Waals surface area contributed by atoms with E-state index in [1.165, 1.54) is 6.07 Å². The lowest BCUT2D eigenvalue weighted by Crippen LogP contribution is -2.05. The number of para-hydroxylation sites is 1. The molecule has 3 aromatic carbocycles. The highest BCUT2D eigenvalue weighted by Gasteiger charge is 2.23. The molecule has 4 rings (SSSR count). The van der Waals surface area contributed by atoms with E-state index in [-0.39, 0.29) is 21.6 Å². The van der Waals surface area contributed by atoms with E-state index in [9.17, 15) is 15.2 Å². The first kappa shape index (κ1) is 17.3. The van der Waals surface area contributed by atoms with Crippen LogP contribution in [0.25, 0.3) is 0 Å². The molecule has 0 amide bonds. The second-order valence-electron chi connectivity index (χ2n) is 6.24. The Kier molecular flexibility index (Phi) is 4.64. The van der Waals surface area contributed by atoms with E-state index in [0.717, 1.165) is 27.4 Å². The summed E-state index contributed by atoms with van der Waals surface area (Å²) in [5.74, 6) is 0.206. The summed E-state index contributed by atoms with van der Waals surface area (Å²) in [5, 5.41) is 20.7. The van der Waals surface area contributed by atoms with Crippen molar-refractivity contribution in [3.05, 3.63) is 94.0 Å². The van der Waals surface area contributed by atoms with Crippen LogP contribution in [0.2, 0.25) is 0 Å². The standard InChI is InChI=1S/C21H16N2O3S/c24-17-10-8-14(9-11-17)19-13-21(15-4-3-5-16(12-15)23(25)26)27-20-7-2-1-6-18(20)22-19/h1-12,21,24H,13H2. The van der Waals surface area contributed by atoms with E-state index >= 15 is 0 Å². The van der Waals surface area contributed by atoms with Gasteiger partial charge in [0.15, 0.2) is 0 Å². The maximum atomic E-state index is 11.2. The van der Waals surface area contributed by atoms with Crippen molar-refractivity contribution in [3.8, 4) is 5.75 Å². The smallest absolute Gasteiger partial charge is 0.269 e. The number of aromatic hydroxyl groups is 1. The SMILES string of the molecule is O=[N+]([O-])c1cccc(C2CC(c3ccc(O)cc3)=Nc3ccccc3S2)c1. The molecule has 1 unspecified atom stereocenters. The van der Waals surface area contributed by atoms with Gasteiger partial charge in [-0.05, 0) is 47.5 Å². The Morgan fingerprint density at radius 1 is 1.04 bits per heavy atom. The number of nitrogens with zero attached hydrogens (tertiary/aromatic N) is 2. The van der Waals surface area contributed by atoms with Crippen LogP contribution in [0.15, 0.2) is 82.7 Å². The van der Waals surface area contributed by atoms with Crippen LogP contribution in [0.3, 0.4) is 0 Å². The molecule has 0 radical (unpaired) electrons. The molecule has 0 spiro atoms. The maximum Gasteiger partial charge on any atom is 0.269 e. The van der Waals surface area contributed by atoms with Crippen LogP contribution in [-0.4, -0.2) is 15.7 Å². The molecule has 6 heteroatoms. The lowest BCUT2D eigenvalue weighted by molar-refractivity contribution is -0.384. The number of fused-ring (bicyclic) bond motifs is 1. The van der Waals surface area contributed by atoms with Gasteiger partial charge in [-0.15, -0.1) is 11.8 Å². The van der Waals surface area contributed by atoms with Crippen LogP contribution < -0.4 is 0 Å². The highest BCUT2D eigenvalue weighted by atomic mass is 32.2. The fourth-order valence-corrected chi connectivity index (χ4v) is 4.29. The third-order valence-corrected chi connectivity index (χ3v) is 5.74. The molecule has 0 aliphatic carbocycles. The van der Waals surface area contributed by atoms with E-state index in [4.69, 9.17) is 4.99 Å². The number of non-ortho nitro benzene ring substituents is 1. The summed E-state index contributed by atoms with van der Waals surface area (Å²) in [6, 6.07) is 21.7. The number of hydrogen-bond acceptors (Lipinski definition) is 5. The van der Waals surface area contributed by atoms with Gasteiger partial charge in [-0.25, -0.2) is 0 Å². The Morgan fingerprint density at radius 2 is 1.81 bits per heavy atom. The Morgan fingerprint density at radius 3 is 2.59 bits per heavy atom. The minimum absolute atomic E-state index is 0.00102. The van der Waals surface area contributed by atoms with Gasteiger partial charge in [0.1, 0.15) is 5.75 Å². The Bertz CT molecular complexity index is 1030. The molecule has 1 atom stereocenters. The average molecular weight is 376 g/mol. The van der Waals surface area contributed by atoms with Gasteiger partial charge in [0.05, 0.1) is 10.6 Å². The van der Waals surface area contributed by atoms with E-state index in [2.05, 4.69) is 0 Å². The van der Waals surface area contributed by atoms with Crippen molar-refractivity contribution < 1.29 is 10.0 Å². The zero-order chi connectivity index (χ0) is 18.8. The summed E-state index contributed by atoms with van der Waals surface area (Å²) >= 11 is 1.67. The molecule has 0 bridgehead atoms. The van der Waals surface area contributed by atoms with E-state index in [1.54, 1.807) is 36.0 Å². The maximum absolute atomic E-state index is 11.2. The summed E-state index contributed by atoms with van der Waals surface area (Å²) in [7, 11) is 0. The topological polar surface area (TPSA) is 75.7 Å². The van der Waals surface area contributed by atoms with Gasteiger partial charge in [-0.1, -0.05) is 24.3 Å². The minimum atomic E-state index is -0.367. The van der Waals surface area contributed by atoms with Crippen molar-refractivity contribution >= 4 is 28.8 Å². The number of phenols is 1. The number of thioether (sulfide) groups is 1. The van der Waals surface area contributed by atoms with Crippen molar-refractivity contribution in [1.29, 1.82) is 0 Å². The number of rotatable bonds is 3. The zero-order valence-electron chi connectivity index (χ0n) is 14.3. The minimum Gasteiger partial charge on any atom is -0.508 e. The molecular weight excluding hydrogens is 360 g/mol. The first-order chi connectivity index (χ1) is 13.1. The number of hydrogen-bond donors (Lipinski definition) is 1. The number of benzene rings is 3. The highest BCUT2D eigenvalue weighted by Crippen LogP contribution is 2.45. The van der Waals surface area contributed by atoms with Crippen molar-refractivity contribution in [3.63, 3.8) is 0 Å². The Labute approximate surface area is 160 Å². The van der Waals surface area contributed by atoms with Gasteiger partial charge in [0, 0.05) is 34.4 Å². The number of nitro groups is 1. The largest absolute Gasteiger partial charge is 0.508 e. The van der Waals surface area contributed by atoms with Crippen LogP contribution in [0.1, 0.15) is 22.8 Å². The molecule has 0 fully saturated rings. The van der Waals surface area contributed by atoms with E-state index in [1.807, 2.05) is 42.5 Å². The number of aliphatic imine (C=N–C) groups is 1. The molecule has 5 nitrogen and oxygen atoms in total. The first-order valence-corrected chi connectivity index (χ1v) is 9.35. The van der Waals surface area contributed by atoms with Gasteiger partial charge >= 0.3 is 0 Å². The van der Waals surface area contributed by atoms with Crippen LogP contribution in [0, 0.1) is 10.1 Å². The van der Waals surface area contributed by atoms with Crippen molar-refractivity contribution in [2.24, 2.45) is 4.99 Å². The molecule has 27 heavy (non-hydrogen) atoms. The predicted molar refractivity (Wildman–Crippen MR) is 107 cm³/mol. The molecule has 1 aliphatic rings. The third-order valence-electron chi connectivity index (χ3n) is 4.42. The van der Waals surface area contributed by atoms with Crippen LogP contribution >= 0.6 is 11.8 Å². The number of nitro benzene ring substituents is 1. The van der Waals surface area contributed by atoms with Gasteiger partial charge < -0.3 is 5.11 Å². The van der Waals surface area contributed by atoms with Gasteiger partial charge in [0.25, 0.3) is 5.69 Å². The van der Waals surface area contributed by atoms with Crippen molar-refractivity contribution in [2.45, 2.75) is 16.6 Å². The van der Waals surface area contributed by atoms with Crippen LogP contribution in [0.4, 0.5) is 11.4 Å². The molecule has 0 saturated heterocycles. The van der Waals surface area contributed by atoms with Crippen LogP contribution in [-0.2, 0) is 0 Å². The predicted octanol–water partition coefficient (Wildman–Crippen LogP) is 5.66. The van der Waals surface area contributed by atoms with Gasteiger partial charge in [0.2, 0.25) is 0 Å². The quantitative estimate of drug-likeness (QED) is 0.473. The third kappa shape index (κ3) is 3.71. The molecule has 3 aromatic rings. The van der Waals surface area contributed by atoms with Crippen LogP contribution in [0.5, 0.6) is 5.75 Å². The van der Waals surface area contributed by atoms with Gasteiger partial charge in [-0.3, -0.25) is 15.1 Å².